The molecule has 12 heteroatoms. The van der Waals surface area contributed by atoms with Crippen LogP contribution >= 0.6 is 27.3 Å². The number of halogens is 1. The molecule has 0 radical (unpaired) electrons. The largest absolute Gasteiger partial charge is 0.493 e. The Morgan fingerprint density at radius 1 is 1.19 bits per heavy atom. The molecule has 0 aliphatic rings. The third-order valence-corrected chi connectivity index (χ3v) is 6.82. The molecule has 0 amide bonds. The second-order valence-electron chi connectivity index (χ2n) is 6.76. The normalized spacial score (nSPS) is 11.6. The van der Waals surface area contributed by atoms with Crippen molar-refractivity contribution in [2.75, 3.05) is 0 Å². The molecule has 0 saturated heterocycles. The first-order valence-electron chi connectivity index (χ1n) is 9.01. The van der Waals surface area contributed by atoms with E-state index in [9.17, 15) is 18.3 Å². The van der Waals surface area contributed by atoms with Crippen molar-refractivity contribution in [2.45, 2.75) is 11.3 Å². The fourth-order valence-electron chi connectivity index (χ4n) is 3.07. The van der Waals surface area contributed by atoms with Crippen LogP contribution in [0.15, 0.2) is 63.3 Å². The van der Waals surface area contributed by atoms with Crippen molar-refractivity contribution in [1.29, 1.82) is 0 Å². The number of nitrogens with zero attached hydrogens (tertiary/aromatic N) is 3. The van der Waals surface area contributed by atoms with Crippen molar-refractivity contribution in [3.05, 3.63) is 75.2 Å². The molecule has 4 N–H and O–H groups in total. The second-order valence-corrected chi connectivity index (χ2v) is 10.1. The third-order valence-electron chi connectivity index (χ3n) is 4.58. The number of carboxylic acid groups (broad SMARTS) is 1. The second kappa shape index (κ2) is 8.47. The van der Waals surface area contributed by atoms with Gasteiger partial charge in [-0.05, 0) is 29.8 Å². The minimum absolute atomic E-state index is 0.0163. The van der Waals surface area contributed by atoms with Crippen LogP contribution in [0.1, 0.15) is 21.6 Å². The van der Waals surface area contributed by atoms with Gasteiger partial charge in [0.1, 0.15) is 5.69 Å². The fourth-order valence-corrected chi connectivity index (χ4v) is 4.73. The van der Waals surface area contributed by atoms with Gasteiger partial charge in [-0.1, -0.05) is 40.2 Å². The molecule has 0 unspecified atom stereocenters. The Hall–Kier alpha value is -3.06. The first-order valence-corrected chi connectivity index (χ1v) is 12.2. The lowest BCUT2D eigenvalue weighted by Crippen LogP contribution is -2.11. The van der Waals surface area contributed by atoms with Crippen molar-refractivity contribution in [1.82, 2.24) is 14.8 Å². The van der Waals surface area contributed by atoms with Crippen LogP contribution in [0.25, 0.3) is 16.4 Å². The topological polar surface area (TPSA) is 148 Å². The Kier molecular flexibility index (Phi) is 5.86. The number of carbonyl (C=O) groups is 1. The number of benzene rings is 2. The number of aromatic carboxylic acids is 1. The van der Waals surface area contributed by atoms with Crippen LogP contribution in [0.5, 0.6) is 5.88 Å². The number of nitrogens with two attached hydrogens (primary N) is 1. The highest BCUT2D eigenvalue weighted by Gasteiger charge is 2.23. The zero-order chi connectivity index (χ0) is 23.0. The molecule has 9 nitrogen and oxygen atoms in total. The van der Waals surface area contributed by atoms with E-state index in [2.05, 4.69) is 26.0 Å². The monoisotopic (exact) mass is 534 g/mol. The number of sulfonamides is 1. The summed E-state index contributed by atoms with van der Waals surface area (Å²) in [6.45, 7) is 0. The van der Waals surface area contributed by atoms with Gasteiger partial charge in [0, 0.05) is 27.4 Å². The predicted octanol–water partition coefficient (Wildman–Crippen LogP) is 3.40. The van der Waals surface area contributed by atoms with Gasteiger partial charge >= 0.3 is 5.97 Å². The average molecular weight is 535 g/mol. The van der Waals surface area contributed by atoms with Gasteiger partial charge in [-0.2, -0.15) is 9.78 Å². The summed E-state index contributed by atoms with van der Waals surface area (Å²) in [6, 6.07) is 13.3. The number of aromatic hydroxyl groups is 1. The molecule has 164 valence electrons. The van der Waals surface area contributed by atoms with Crippen LogP contribution in [-0.2, 0) is 16.4 Å². The van der Waals surface area contributed by atoms with Crippen molar-refractivity contribution < 1.29 is 23.4 Å². The van der Waals surface area contributed by atoms with Crippen molar-refractivity contribution in [3.63, 3.8) is 0 Å². The molecule has 0 atom stereocenters. The van der Waals surface area contributed by atoms with Gasteiger partial charge in [-0.3, -0.25) is 0 Å². The molecule has 0 aliphatic carbocycles. The molecule has 0 aliphatic heterocycles. The molecule has 2 heterocycles. The van der Waals surface area contributed by atoms with Gasteiger partial charge < -0.3 is 10.2 Å². The molecule has 4 aromatic rings. The van der Waals surface area contributed by atoms with Gasteiger partial charge in [0.15, 0.2) is 5.69 Å². The van der Waals surface area contributed by atoms with Crippen LogP contribution in [0.3, 0.4) is 0 Å². The smallest absolute Gasteiger partial charge is 0.355 e. The van der Waals surface area contributed by atoms with Crippen molar-refractivity contribution in [3.8, 4) is 22.3 Å². The Morgan fingerprint density at radius 3 is 2.50 bits per heavy atom. The number of hydrogen-bond acceptors (Lipinski definition) is 7. The minimum Gasteiger partial charge on any atom is -0.493 e. The molecule has 0 saturated carbocycles. The van der Waals surface area contributed by atoms with Crippen LogP contribution < -0.4 is 5.14 Å². The Bertz CT molecular complexity index is 1430. The fraction of sp³-hybridized carbons (Fsp3) is 0.0500. The van der Waals surface area contributed by atoms with Crippen LogP contribution in [0.4, 0.5) is 0 Å². The highest BCUT2D eigenvalue weighted by Crippen LogP contribution is 2.35. The summed E-state index contributed by atoms with van der Waals surface area (Å²) in [5, 5.41) is 31.4. The van der Waals surface area contributed by atoms with E-state index in [4.69, 9.17) is 10.2 Å². The molecule has 0 fully saturated rings. The van der Waals surface area contributed by atoms with E-state index in [0.717, 1.165) is 21.4 Å². The minimum atomic E-state index is -3.82. The summed E-state index contributed by atoms with van der Waals surface area (Å²) < 4.78 is 25.0. The maximum Gasteiger partial charge on any atom is 0.355 e. The van der Waals surface area contributed by atoms with Crippen molar-refractivity contribution in [2.24, 2.45) is 5.14 Å². The Labute approximate surface area is 195 Å². The van der Waals surface area contributed by atoms with Gasteiger partial charge in [0.2, 0.25) is 21.0 Å². The van der Waals surface area contributed by atoms with Crippen LogP contribution in [-0.4, -0.2) is 39.4 Å². The quantitative estimate of drug-likeness (QED) is 0.343. The number of thiazole rings is 1. The van der Waals surface area contributed by atoms with E-state index in [1.807, 2.05) is 24.3 Å². The molecular formula is C20H15BrN4O5S2. The van der Waals surface area contributed by atoms with E-state index in [1.165, 1.54) is 22.2 Å². The summed E-state index contributed by atoms with van der Waals surface area (Å²) in [5.74, 6) is -1.37. The molecule has 0 bridgehead atoms. The number of primary sulfonamides is 1. The third kappa shape index (κ3) is 4.43. The lowest BCUT2D eigenvalue weighted by Gasteiger charge is -2.06. The first kappa shape index (κ1) is 22.1. The maximum absolute atomic E-state index is 11.5. The van der Waals surface area contributed by atoms with E-state index in [-0.39, 0.29) is 28.0 Å². The van der Waals surface area contributed by atoms with Crippen molar-refractivity contribution >= 4 is 43.3 Å². The highest BCUT2D eigenvalue weighted by atomic mass is 79.9. The van der Waals surface area contributed by atoms with Gasteiger partial charge in [-0.25, -0.2) is 23.3 Å². The van der Waals surface area contributed by atoms with E-state index >= 15 is 0 Å². The van der Waals surface area contributed by atoms with E-state index in [0.29, 0.717) is 16.8 Å². The first-order chi connectivity index (χ1) is 15.1. The lowest BCUT2D eigenvalue weighted by atomic mass is 10.0. The SMILES string of the molecule is NS(=O)(=O)c1ccc(Cc2c(-c3cccc(Br)c3)nn(-c3nc(C(=O)O)cs3)c2O)cc1. The zero-order valence-electron chi connectivity index (χ0n) is 16.1. The molecule has 2 aromatic carbocycles. The maximum atomic E-state index is 11.5. The van der Waals surface area contributed by atoms with Gasteiger partial charge in [0.25, 0.3) is 0 Å². The van der Waals surface area contributed by atoms with E-state index < -0.39 is 16.0 Å². The zero-order valence-corrected chi connectivity index (χ0v) is 19.4. The predicted molar refractivity (Wildman–Crippen MR) is 122 cm³/mol. The molecule has 0 spiro atoms. The summed E-state index contributed by atoms with van der Waals surface area (Å²) in [6.07, 6.45) is 0.232. The summed E-state index contributed by atoms with van der Waals surface area (Å²) in [4.78, 5) is 15.2. The summed E-state index contributed by atoms with van der Waals surface area (Å²) in [5.41, 5.74) is 2.24. The Balaban J connectivity index is 1.82. The lowest BCUT2D eigenvalue weighted by molar-refractivity contribution is 0.0691. The van der Waals surface area contributed by atoms with Crippen LogP contribution in [0, 0.1) is 0 Å². The highest BCUT2D eigenvalue weighted by molar-refractivity contribution is 9.10. The molecule has 4 rings (SSSR count). The average Bonchev–Trinajstić information content (AvgIpc) is 3.34. The molecule has 2 aromatic heterocycles. The van der Waals surface area contributed by atoms with Gasteiger partial charge in [-0.15, -0.1) is 11.3 Å². The molecule has 32 heavy (non-hydrogen) atoms. The Morgan fingerprint density at radius 2 is 1.91 bits per heavy atom. The molecular weight excluding hydrogens is 520 g/mol. The number of aromatic nitrogens is 3. The van der Waals surface area contributed by atoms with E-state index in [1.54, 1.807) is 12.1 Å². The van der Waals surface area contributed by atoms with Gasteiger partial charge in [0.05, 0.1) is 4.90 Å². The number of rotatable bonds is 6. The summed E-state index contributed by atoms with van der Waals surface area (Å²) in [7, 11) is -3.82. The van der Waals surface area contributed by atoms with Crippen LogP contribution in [0.2, 0.25) is 0 Å². The number of carboxylic acids is 1. The number of hydrogen-bond donors (Lipinski definition) is 3. The summed E-state index contributed by atoms with van der Waals surface area (Å²) >= 11 is 4.46. The standard InChI is InChI=1S/C20H15BrN4O5S2/c21-13-3-1-2-12(9-13)17-15(8-11-4-6-14(7-5-11)32(22,29)30)18(26)25(24-17)20-23-16(10-31-20)19(27)28/h1-7,9-10,26H,8H2,(H,27,28)(H2,22,29,30).